The van der Waals surface area contributed by atoms with Crippen LogP contribution in [-0.2, 0) is 21.7 Å². The Morgan fingerprint density at radius 1 is 0.151 bits per heavy atom. The second-order valence-corrected chi connectivity index (χ2v) is 35.8. The van der Waals surface area contributed by atoms with E-state index in [1.54, 1.807) is 0 Å². The molecule has 2 atom stereocenters. The van der Waals surface area contributed by atoms with Crippen LogP contribution in [0.25, 0.3) is 133 Å². The third-order valence-electron chi connectivity index (χ3n) is 29.7. The maximum absolute atomic E-state index is 2.68. The smallest absolute Gasteiger partial charge is 0.0726 e. The highest BCUT2D eigenvalue weighted by Crippen LogP contribution is 2.70. The van der Waals surface area contributed by atoms with Crippen molar-refractivity contribution in [2.24, 2.45) is 0 Å². The first-order chi connectivity index (χ1) is 62.3. The molecule has 7 aliphatic carbocycles. The molecule has 20 aromatic rings. The lowest BCUT2D eigenvalue weighted by atomic mass is 9.70. The summed E-state index contributed by atoms with van der Waals surface area (Å²) in [6, 6.07) is 172. The van der Waals surface area contributed by atoms with Gasteiger partial charge in [0.15, 0.2) is 0 Å². The Kier molecular flexibility index (Phi) is 14.9. The lowest BCUT2D eigenvalue weighted by Crippen LogP contribution is -2.26. The zero-order valence-electron chi connectivity index (χ0n) is 69.6. The Labute approximate surface area is 734 Å². The van der Waals surface area contributed by atoms with Crippen molar-refractivity contribution < 1.29 is 0 Å². The fourth-order valence-corrected chi connectivity index (χ4v) is 24.8. The van der Waals surface area contributed by atoms with E-state index in [4.69, 9.17) is 0 Å². The zero-order chi connectivity index (χ0) is 82.9. The number of benzene rings is 20. The fraction of sp³-hybridized carbons (Fsp3) is 0.0484. The van der Waals surface area contributed by atoms with E-state index < -0.39 is 16.2 Å². The van der Waals surface area contributed by atoms with Crippen molar-refractivity contribution in [3.05, 3.63) is 527 Å². The maximum atomic E-state index is 2.68. The zero-order valence-corrected chi connectivity index (χ0v) is 69.6. The van der Waals surface area contributed by atoms with Crippen molar-refractivity contribution >= 4 is 44.9 Å². The molecule has 0 amide bonds. The molecular formula is C124H80N2. The van der Waals surface area contributed by atoms with E-state index in [1.165, 1.54) is 217 Å². The number of rotatable bonds is 10. The molecular weight excluding hydrogens is 1520 g/mol. The summed E-state index contributed by atoms with van der Waals surface area (Å²) in [7, 11) is 0. The van der Waals surface area contributed by atoms with Crippen LogP contribution >= 0.6 is 0 Å². The number of fused-ring (bicyclic) bond motifs is 34. The molecule has 2 heteroatoms. The Bertz CT molecular complexity index is 7920. The molecule has 126 heavy (non-hydrogen) atoms. The molecule has 0 aliphatic heterocycles. The summed E-state index contributed by atoms with van der Waals surface area (Å²) < 4.78 is 0. The SMILES string of the molecule is CC1(C)c2ccccc2-c2c(N(c3ccc4c(c3)C3(c5ccccc5-c5ccccc53)c3ccccc3-4)c3cccc4c3-c3ccccc3C43c4ccccc4-c4cc(-c5cccc6c5-c5ccccc5C65c6ccccc6-c6c(-c7ccc(N(c8ccc(-c9ccccc9)cc8)c8ccc(-c9ccccc9)cc8)c8ccccc78)cccc65)ccc43)cccc21. The molecule has 0 bridgehead atoms. The van der Waals surface area contributed by atoms with Crippen LogP contribution in [0.5, 0.6) is 0 Å². The van der Waals surface area contributed by atoms with Crippen molar-refractivity contribution in [3.63, 3.8) is 0 Å². The molecule has 0 saturated carbocycles. The molecule has 0 heterocycles. The van der Waals surface area contributed by atoms with Gasteiger partial charge in [-0.05, 0) is 255 Å². The highest BCUT2D eigenvalue weighted by Gasteiger charge is 2.57. The minimum absolute atomic E-state index is 0.241. The lowest BCUT2D eigenvalue weighted by molar-refractivity contribution is 0.660. The molecule has 586 valence electrons. The number of nitrogens with zero attached hydrogens (tertiary/aromatic N) is 2. The predicted octanol–water partition coefficient (Wildman–Crippen LogP) is 31.8. The molecule has 0 aromatic heterocycles. The first-order valence-electron chi connectivity index (χ1n) is 44.4. The second-order valence-electron chi connectivity index (χ2n) is 35.8. The second kappa shape index (κ2) is 26.4. The molecule has 7 aliphatic rings. The average Bonchev–Trinajstić information content (AvgIpc) is 1.51. The summed E-state index contributed by atoms with van der Waals surface area (Å²) in [6.45, 7) is 4.83. The Balaban J connectivity index is 0.621. The van der Waals surface area contributed by atoms with Crippen molar-refractivity contribution in [3.8, 4) is 122 Å². The highest BCUT2D eigenvalue weighted by atomic mass is 15.2. The predicted molar refractivity (Wildman–Crippen MR) is 522 cm³/mol. The average molecular weight is 1600 g/mol. The van der Waals surface area contributed by atoms with Gasteiger partial charge in [-0.3, -0.25) is 0 Å². The summed E-state index contributed by atoms with van der Waals surface area (Å²) in [5.41, 5.74) is 50.5. The summed E-state index contributed by atoms with van der Waals surface area (Å²) >= 11 is 0. The molecule has 0 radical (unpaired) electrons. The fourth-order valence-electron chi connectivity index (χ4n) is 24.8. The number of hydrogen-bond acceptors (Lipinski definition) is 2. The van der Waals surface area contributed by atoms with E-state index in [0.717, 1.165) is 28.4 Å². The van der Waals surface area contributed by atoms with Gasteiger partial charge in [0, 0.05) is 39.0 Å². The van der Waals surface area contributed by atoms with E-state index in [1.807, 2.05) is 0 Å². The van der Waals surface area contributed by atoms with Crippen LogP contribution < -0.4 is 9.80 Å². The monoisotopic (exact) mass is 1600 g/mol. The highest BCUT2D eigenvalue weighted by molar-refractivity contribution is 6.12. The molecule has 0 saturated heterocycles. The van der Waals surface area contributed by atoms with E-state index in [-0.39, 0.29) is 5.41 Å². The van der Waals surface area contributed by atoms with Crippen molar-refractivity contribution in [2.45, 2.75) is 35.5 Å². The molecule has 27 rings (SSSR count). The summed E-state index contributed by atoms with van der Waals surface area (Å²) in [4.78, 5) is 5.12. The Morgan fingerprint density at radius 2 is 0.468 bits per heavy atom. The molecule has 0 N–H and O–H groups in total. The summed E-state index contributed by atoms with van der Waals surface area (Å²) in [6.07, 6.45) is 0. The molecule has 2 nitrogen and oxygen atoms in total. The van der Waals surface area contributed by atoms with E-state index >= 15 is 0 Å². The largest absolute Gasteiger partial charge is 0.310 e. The van der Waals surface area contributed by atoms with Gasteiger partial charge in [0.1, 0.15) is 0 Å². The van der Waals surface area contributed by atoms with Crippen LogP contribution in [0.4, 0.5) is 34.1 Å². The van der Waals surface area contributed by atoms with Crippen LogP contribution in [0.15, 0.2) is 449 Å². The van der Waals surface area contributed by atoms with Gasteiger partial charge >= 0.3 is 0 Å². The van der Waals surface area contributed by atoms with Gasteiger partial charge in [-0.1, -0.05) is 402 Å². The quantitative estimate of drug-likeness (QED) is 0.135. The van der Waals surface area contributed by atoms with Crippen LogP contribution in [0.2, 0.25) is 0 Å². The summed E-state index contributed by atoms with van der Waals surface area (Å²) in [5, 5.41) is 2.36. The topological polar surface area (TPSA) is 6.48 Å². The molecule has 20 aromatic carbocycles. The third-order valence-corrected chi connectivity index (χ3v) is 29.7. The lowest BCUT2D eigenvalue weighted by Gasteiger charge is -2.34. The van der Waals surface area contributed by atoms with E-state index in [2.05, 4.69) is 473 Å². The number of hydrogen-bond donors (Lipinski definition) is 0. The van der Waals surface area contributed by atoms with Crippen molar-refractivity contribution in [1.29, 1.82) is 0 Å². The normalized spacial score (nSPS) is 15.9. The van der Waals surface area contributed by atoms with Crippen molar-refractivity contribution in [1.82, 2.24) is 0 Å². The van der Waals surface area contributed by atoms with Crippen molar-refractivity contribution in [2.75, 3.05) is 9.80 Å². The van der Waals surface area contributed by atoms with E-state index in [9.17, 15) is 0 Å². The first-order valence-corrected chi connectivity index (χ1v) is 44.4. The van der Waals surface area contributed by atoms with E-state index in [0.29, 0.717) is 0 Å². The third kappa shape index (κ3) is 9.28. The van der Waals surface area contributed by atoms with Crippen LogP contribution in [-0.4, -0.2) is 0 Å². The van der Waals surface area contributed by atoms with Gasteiger partial charge in [-0.2, -0.15) is 0 Å². The maximum Gasteiger partial charge on any atom is 0.0726 e. The minimum Gasteiger partial charge on any atom is -0.310 e. The Hall–Kier alpha value is -15.7. The Morgan fingerprint density at radius 3 is 0.992 bits per heavy atom. The number of anilines is 6. The molecule has 2 unspecified atom stereocenters. The summed E-state index contributed by atoms with van der Waals surface area (Å²) in [5.74, 6) is 0. The van der Waals surface area contributed by atoms with Gasteiger partial charge in [-0.15, -0.1) is 0 Å². The van der Waals surface area contributed by atoms with Gasteiger partial charge in [0.25, 0.3) is 0 Å². The minimum atomic E-state index is -0.675. The van der Waals surface area contributed by atoms with Crippen LogP contribution in [0.1, 0.15) is 91.7 Å². The van der Waals surface area contributed by atoms with Crippen LogP contribution in [0, 0.1) is 0 Å². The van der Waals surface area contributed by atoms with Gasteiger partial charge in [0.05, 0.1) is 33.3 Å². The first kappa shape index (κ1) is 70.9. The van der Waals surface area contributed by atoms with Crippen LogP contribution in [0.3, 0.4) is 0 Å². The molecule has 3 spiro atoms. The molecule has 0 fully saturated rings. The van der Waals surface area contributed by atoms with Gasteiger partial charge in [-0.25, -0.2) is 0 Å². The van der Waals surface area contributed by atoms with Gasteiger partial charge < -0.3 is 9.80 Å². The standard InChI is InChI=1S/C124H80N2/c1-121(2)100-47-19-15-41-95(100)119-109(121)55-29-59-115(119)126(84-70-71-92-90-38-13-22-50-103(90)123(113(92)76-84)101-48-20-11-36-88(101)89-37-12-21-49-102(89)123)116-60-30-58-112-120(116)98-44-18-26-54-107(98)122(112)104-51-23-14-39-91(104)99-75-81(65-73-108(99)122)85-45-27-56-110-117(85)96-42-16-24-52-105(96)124(110)106-53-25-17-43-97(106)118-94(46-28-57-111(118)124)87-72-74-114(93-40-10-9-35-86(87)93)125(82-66-61-79(62-67-82)77-31-5-3-6-32-77)83-68-63-80(64-69-83)78-33-7-4-8-34-78/h3-76H,1-2H3. The van der Waals surface area contributed by atoms with Gasteiger partial charge in [0.2, 0.25) is 0 Å².